The van der Waals surface area contributed by atoms with Gasteiger partial charge in [-0.15, -0.1) is 5.10 Å². The maximum atomic E-state index is 12.6. The number of halogens is 2. The Hall–Kier alpha value is -3.36. The Morgan fingerprint density at radius 1 is 1.17 bits per heavy atom. The highest BCUT2D eigenvalue weighted by atomic mass is 35.5. The van der Waals surface area contributed by atoms with Gasteiger partial charge in [0.1, 0.15) is 12.3 Å². The average molecular weight is 444 g/mol. The van der Waals surface area contributed by atoms with Gasteiger partial charge in [-0.2, -0.15) is 0 Å². The summed E-state index contributed by atoms with van der Waals surface area (Å²) >= 11 is 11.8. The highest BCUT2D eigenvalue weighted by Crippen LogP contribution is 2.26. The molecule has 8 nitrogen and oxygen atoms in total. The number of carbonyl (C=O) groups is 1. The van der Waals surface area contributed by atoms with Crippen molar-refractivity contribution in [3.63, 3.8) is 0 Å². The first-order valence-corrected chi connectivity index (χ1v) is 9.60. The van der Waals surface area contributed by atoms with Gasteiger partial charge >= 0.3 is 5.69 Å². The lowest BCUT2D eigenvalue weighted by Gasteiger charge is -2.07. The molecular formula is C20H15Cl2N5O3. The zero-order chi connectivity index (χ0) is 21.3. The minimum absolute atomic E-state index is 0.160. The molecule has 0 saturated heterocycles. The molecule has 1 N–H and O–H groups in total. The minimum Gasteiger partial charge on any atom is -0.436 e. The fourth-order valence-electron chi connectivity index (χ4n) is 2.79. The number of ether oxygens (including phenoxy) is 1. The third-order valence-corrected chi connectivity index (χ3v) is 5.01. The Morgan fingerprint density at radius 2 is 1.97 bits per heavy atom. The number of nitrogens with one attached hydrogen (secondary N) is 1. The van der Waals surface area contributed by atoms with E-state index in [4.69, 9.17) is 27.9 Å². The number of rotatable bonds is 5. The predicted octanol–water partition coefficient (Wildman–Crippen LogP) is 3.94. The summed E-state index contributed by atoms with van der Waals surface area (Å²) in [7, 11) is 0. The third-order valence-electron chi connectivity index (χ3n) is 4.27. The Labute approximate surface area is 180 Å². The average Bonchev–Trinajstić information content (AvgIpc) is 3.03. The lowest BCUT2D eigenvalue weighted by Crippen LogP contribution is -2.28. The van der Waals surface area contributed by atoms with E-state index in [1.54, 1.807) is 18.2 Å². The maximum Gasteiger partial charge on any atom is 0.351 e. The summed E-state index contributed by atoms with van der Waals surface area (Å²) in [5.41, 5.74) is 1.07. The van der Waals surface area contributed by atoms with Gasteiger partial charge in [-0.3, -0.25) is 4.79 Å². The normalized spacial score (nSPS) is 10.9. The van der Waals surface area contributed by atoms with Crippen LogP contribution < -0.4 is 15.7 Å². The number of fused-ring (bicyclic) bond motifs is 1. The lowest BCUT2D eigenvalue weighted by molar-refractivity contribution is -0.117. The molecule has 0 spiro atoms. The van der Waals surface area contributed by atoms with Crippen molar-refractivity contribution in [2.24, 2.45) is 0 Å². The molecular weight excluding hydrogens is 429 g/mol. The summed E-state index contributed by atoms with van der Waals surface area (Å²) in [4.78, 5) is 29.2. The first-order valence-electron chi connectivity index (χ1n) is 8.85. The molecule has 0 atom stereocenters. The van der Waals surface area contributed by atoms with E-state index < -0.39 is 11.6 Å². The molecule has 0 bridgehead atoms. The second kappa shape index (κ2) is 8.17. The summed E-state index contributed by atoms with van der Waals surface area (Å²) < 4.78 is 8.15. The molecule has 0 aliphatic carbocycles. The summed E-state index contributed by atoms with van der Waals surface area (Å²) in [6.07, 6.45) is 2.90. The van der Waals surface area contributed by atoms with Gasteiger partial charge in [0.25, 0.3) is 5.88 Å². The molecule has 2 aromatic heterocycles. The van der Waals surface area contributed by atoms with Crippen molar-refractivity contribution in [2.75, 3.05) is 5.32 Å². The van der Waals surface area contributed by atoms with Crippen LogP contribution in [0.15, 0.2) is 59.7 Å². The van der Waals surface area contributed by atoms with Crippen LogP contribution in [0.2, 0.25) is 10.0 Å². The zero-order valence-electron chi connectivity index (χ0n) is 15.7. The number of amides is 1. The first-order chi connectivity index (χ1) is 14.4. The first kappa shape index (κ1) is 19.9. The third kappa shape index (κ3) is 4.00. The molecule has 0 fully saturated rings. The van der Waals surface area contributed by atoms with Crippen LogP contribution in [0.25, 0.3) is 5.65 Å². The van der Waals surface area contributed by atoms with Crippen LogP contribution in [0.4, 0.5) is 5.69 Å². The highest BCUT2D eigenvalue weighted by Gasteiger charge is 2.16. The van der Waals surface area contributed by atoms with Crippen molar-refractivity contribution in [3.05, 3.63) is 81.0 Å². The molecule has 0 radical (unpaired) electrons. The number of hydrogen-bond acceptors (Lipinski definition) is 5. The van der Waals surface area contributed by atoms with Crippen molar-refractivity contribution < 1.29 is 9.53 Å². The molecule has 2 aromatic carbocycles. The van der Waals surface area contributed by atoms with Gasteiger partial charge in [-0.1, -0.05) is 41.4 Å². The van der Waals surface area contributed by atoms with E-state index in [-0.39, 0.29) is 18.1 Å². The maximum absolute atomic E-state index is 12.6. The number of aryl methyl sites for hydroxylation is 1. The molecule has 4 aromatic rings. The quantitative estimate of drug-likeness (QED) is 0.504. The SMILES string of the molecule is Cc1ccccc1Oc1nccn2c(=O)n(CC(=O)Nc3ccc(Cl)c(Cl)c3)nc12. The predicted molar refractivity (Wildman–Crippen MR) is 114 cm³/mol. The van der Waals surface area contributed by atoms with Crippen molar-refractivity contribution in [1.29, 1.82) is 0 Å². The van der Waals surface area contributed by atoms with E-state index >= 15 is 0 Å². The number of nitrogens with zero attached hydrogens (tertiary/aromatic N) is 4. The number of aromatic nitrogens is 4. The molecule has 4 rings (SSSR count). The van der Waals surface area contributed by atoms with Crippen molar-refractivity contribution in [3.8, 4) is 11.6 Å². The standard InChI is InChI=1S/C20H15Cl2N5O3/c1-12-4-2-3-5-16(12)30-19-18-25-27(20(29)26(18)9-8-23-19)11-17(28)24-13-6-7-14(21)15(22)10-13/h2-10H,11H2,1H3,(H,24,28). The number of carbonyl (C=O) groups excluding carboxylic acids is 1. The van der Waals surface area contributed by atoms with Crippen LogP contribution in [0.5, 0.6) is 11.6 Å². The Bertz CT molecular complexity index is 1320. The van der Waals surface area contributed by atoms with E-state index in [0.717, 1.165) is 10.2 Å². The zero-order valence-corrected chi connectivity index (χ0v) is 17.2. The number of para-hydroxylation sites is 1. The van der Waals surface area contributed by atoms with Crippen LogP contribution in [0.1, 0.15) is 5.56 Å². The fourth-order valence-corrected chi connectivity index (χ4v) is 3.08. The summed E-state index contributed by atoms with van der Waals surface area (Å²) in [6, 6.07) is 12.1. The van der Waals surface area contributed by atoms with Gasteiger partial charge in [0.2, 0.25) is 11.6 Å². The molecule has 0 aliphatic heterocycles. The van der Waals surface area contributed by atoms with E-state index in [1.165, 1.54) is 22.9 Å². The van der Waals surface area contributed by atoms with Crippen molar-refractivity contribution in [2.45, 2.75) is 13.5 Å². The van der Waals surface area contributed by atoms with E-state index in [0.29, 0.717) is 21.5 Å². The molecule has 0 unspecified atom stereocenters. The summed E-state index contributed by atoms with van der Waals surface area (Å²) in [5, 5.41) is 7.56. The second-order valence-corrected chi connectivity index (χ2v) is 7.23. The molecule has 1 amide bonds. The number of hydrogen-bond donors (Lipinski definition) is 1. The second-order valence-electron chi connectivity index (χ2n) is 6.41. The van der Waals surface area contributed by atoms with Gasteiger partial charge in [-0.05, 0) is 36.8 Å². The fraction of sp³-hybridized carbons (Fsp3) is 0.100. The Morgan fingerprint density at radius 3 is 2.73 bits per heavy atom. The lowest BCUT2D eigenvalue weighted by atomic mass is 10.2. The molecule has 0 aliphatic rings. The smallest absolute Gasteiger partial charge is 0.351 e. The monoisotopic (exact) mass is 443 g/mol. The van der Waals surface area contributed by atoms with E-state index in [2.05, 4.69) is 15.4 Å². The molecule has 2 heterocycles. The van der Waals surface area contributed by atoms with Crippen LogP contribution in [-0.2, 0) is 11.3 Å². The molecule has 152 valence electrons. The minimum atomic E-state index is -0.494. The van der Waals surface area contributed by atoms with Crippen LogP contribution >= 0.6 is 23.2 Å². The van der Waals surface area contributed by atoms with Gasteiger partial charge in [0.15, 0.2) is 0 Å². The molecule has 0 saturated carbocycles. The van der Waals surface area contributed by atoms with E-state index in [9.17, 15) is 9.59 Å². The summed E-state index contributed by atoms with van der Waals surface area (Å²) in [5.74, 6) is 0.304. The topological polar surface area (TPSA) is 90.5 Å². The van der Waals surface area contributed by atoms with Gasteiger partial charge in [0.05, 0.1) is 10.0 Å². The Balaban J connectivity index is 1.60. The molecule has 30 heavy (non-hydrogen) atoms. The van der Waals surface area contributed by atoms with Gasteiger partial charge in [0, 0.05) is 18.1 Å². The van der Waals surface area contributed by atoms with Crippen LogP contribution in [-0.4, -0.2) is 25.1 Å². The van der Waals surface area contributed by atoms with Gasteiger partial charge in [-0.25, -0.2) is 18.9 Å². The van der Waals surface area contributed by atoms with Gasteiger partial charge < -0.3 is 10.1 Å². The largest absolute Gasteiger partial charge is 0.436 e. The van der Waals surface area contributed by atoms with Crippen molar-refractivity contribution in [1.82, 2.24) is 19.2 Å². The number of benzene rings is 2. The Kier molecular flexibility index (Phi) is 5.43. The molecule has 10 heteroatoms. The van der Waals surface area contributed by atoms with Crippen molar-refractivity contribution >= 4 is 40.4 Å². The van der Waals surface area contributed by atoms with Crippen LogP contribution in [0.3, 0.4) is 0 Å². The highest BCUT2D eigenvalue weighted by molar-refractivity contribution is 6.42. The summed E-state index contributed by atoms with van der Waals surface area (Å²) in [6.45, 7) is 1.60. The number of anilines is 1. The van der Waals surface area contributed by atoms with E-state index in [1.807, 2.05) is 25.1 Å². The van der Waals surface area contributed by atoms with Crippen LogP contribution in [0, 0.1) is 6.92 Å².